The van der Waals surface area contributed by atoms with Gasteiger partial charge in [0.25, 0.3) is 0 Å². The van der Waals surface area contributed by atoms with Crippen molar-refractivity contribution >= 4 is 10.9 Å². The number of rotatable bonds is 9. The highest BCUT2D eigenvalue weighted by Crippen LogP contribution is 2.22. The Morgan fingerprint density at radius 1 is 1.29 bits per heavy atom. The zero-order valence-electron chi connectivity index (χ0n) is 12.8. The van der Waals surface area contributed by atoms with Crippen LogP contribution in [0.2, 0.25) is 0 Å². The van der Waals surface area contributed by atoms with Crippen LogP contribution < -0.4 is 5.32 Å². The molecule has 0 aliphatic carbocycles. The van der Waals surface area contributed by atoms with Gasteiger partial charge in [-0.25, -0.2) is 0 Å². The molecule has 1 N–H and O–H groups in total. The molecule has 0 atom stereocenters. The lowest BCUT2D eigenvalue weighted by Crippen LogP contribution is -2.21. The SMILES string of the molecule is C#CCCCn1cc(CCNCCOC)c2ccccc21. The normalized spacial score (nSPS) is 10.9. The van der Waals surface area contributed by atoms with Crippen LogP contribution in [0.1, 0.15) is 18.4 Å². The fourth-order valence-corrected chi connectivity index (χ4v) is 2.58. The van der Waals surface area contributed by atoms with Gasteiger partial charge < -0.3 is 14.6 Å². The molecule has 0 unspecified atom stereocenters. The average Bonchev–Trinajstić information content (AvgIpc) is 2.86. The van der Waals surface area contributed by atoms with Crippen LogP contribution in [0.15, 0.2) is 30.5 Å². The van der Waals surface area contributed by atoms with Gasteiger partial charge in [-0.3, -0.25) is 0 Å². The van der Waals surface area contributed by atoms with Crippen LogP contribution >= 0.6 is 0 Å². The minimum absolute atomic E-state index is 0.758. The second kappa shape index (κ2) is 8.51. The maximum absolute atomic E-state index is 5.34. The summed E-state index contributed by atoms with van der Waals surface area (Å²) < 4.78 is 7.37. The third-order valence-electron chi connectivity index (χ3n) is 3.65. The van der Waals surface area contributed by atoms with Gasteiger partial charge in [0.1, 0.15) is 0 Å². The van der Waals surface area contributed by atoms with Crippen LogP contribution in [0.5, 0.6) is 0 Å². The van der Waals surface area contributed by atoms with Crippen molar-refractivity contribution in [2.75, 3.05) is 26.8 Å². The number of unbranched alkanes of at least 4 members (excludes halogenated alkanes) is 1. The highest BCUT2D eigenvalue weighted by molar-refractivity contribution is 5.84. The Bertz CT molecular complexity index is 595. The van der Waals surface area contributed by atoms with Crippen molar-refractivity contribution in [3.05, 3.63) is 36.0 Å². The summed E-state index contributed by atoms with van der Waals surface area (Å²) >= 11 is 0. The molecule has 112 valence electrons. The summed E-state index contributed by atoms with van der Waals surface area (Å²) in [6.07, 6.45) is 10.5. The Morgan fingerprint density at radius 3 is 2.95 bits per heavy atom. The second-order valence-electron chi connectivity index (χ2n) is 5.17. The molecule has 0 bridgehead atoms. The molecule has 21 heavy (non-hydrogen) atoms. The highest BCUT2D eigenvalue weighted by Gasteiger charge is 2.07. The van der Waals surface area contributed by atoms with Crippen LogP contribution in [0.3, 0.4) is 0 Å². The Balaban J connectivity index is 2.03. The van der Waals surface area contributed by atoms with Crippen LogP contribution in [0, 0.1) is 12.3 Å². The van der Waals surface area contributed by atoms with Gasteiger partial charge in [0.15, 0.2) is 0 Å². The Hall–Kier alpha value is -1.76. The monoisotopic (exact) mass is 284 g/mol. The number of benzene rings is 1. The maximum atomic E-state index is 5.34. The molecule has 1 heterocycles. The zero-order chi connectivity index (χ0) is 14.9. The smallest absolute Gasteiger partial charge is 0.0587 e. The lowest BCUT2D eigenvalue weighted by atomic mass is 10.1. The minimum atomic E-state index is 0.758. The van der Waals surface area contributed by atoms with Crippen molar-refractivity contribution in [2.24, 2.45) is 0 Å². The molecule has 3 nitrogen and oxygen atoms in total. The molecule has 3 heteroatoms. The maximum Gasteiger partial charge on any atom is 0.0587 e. The van der Waals surface area contributed by atoms with E-state index in [-0.39, 0.29) is 0 Å². The second-order valence-corrected chi connectivity index (χ2v) is 5.17. The number of hydrogen-bond acceptors (Lipinski definition) is 2. The minimum Gasteiger partial charge on any atom is -0.383 e. The first-order chi connectivity index (χ1) is 10.4. The van der Waals surface area contributed by atoms with Gasteiger partial charge >= 0.3 is 0 Å². The largest absolute Gasteiger partial charge is 0.383 e. The number of aromatic nitrogens is 1. The van der Waals surface area contributed by atoms with E-state index >= 15 is 0 Å². The molecule has 0 spiro atoms. The van der Waals surface area contributed by atoms with Crippen molar-refractivity contribution in [1.82, 2.24) is 9.88 Å². The van der Waals surface area contributed by atoms with Gasteiger partial charge in [-0.2, -0.15) is 0 Å². The summed E-state index contributed by atoms with van der Waals surface area (Å²) in [5, 5.41) is 4.75. The van der Waals surface area contributed by atoms with Gasteiger partial charge in [0, 0.05) is 43.7 Å². The number of terminal acetylenes is 1. The van der Waals surface area contributed by atoms with Crippen molar-refractivity contribution in [3.8, 4) is 12.3 Å². The predicted octanol–water partition coefficient (Wildman–Crippen LogP) is 2.83. The highest BCUT2D eigenvalue weighted by atomic mass is 16.5. The van der Waals surface area contributed by atoms with Gasteiger partial charge in [-0.05, 0) is 31.0 Å². The lowest BCUT2D eigenvalue weighted by Gasteiger charge is -2.03. The van der Waals surface area contributed by atoms with Crippen molar-refractivity contribution < 1.29 is 4.74 Å². The van der Waals surface area contributed by atoms with Crippen LogP contribution in [0.25, 0.3) is 10.9 Å². The number of nitrogens with one attached hydrogen (secondary N) is 1. The van der Waals surface area contributed by atoms with Gasteiger partial charge in [0.05, 0.1) is 6.61 Å². The first-order valence-corrected chi connectivity index (χ1v) is 7.56. The fraction of sp³-hybridized carbons (Fsp3) is 0.444. The molecular formula is C18H24N2O. The third-order valence-corrected chi connectivity index (χ3v) is 3.65. The number of para-hydroxylation sites is 1. The van der Waals surface area contributed by atoms with E-state index in [1.165, 1.54) is 16.5 Å². The van der Waals surface area contributed by atoms with Crippen molar-refractivity contribution in [1.29, 1.82) is 0 Å². The Labute approximate surface area is 127 Å². The summed E-state index contributed by atoms with van der Waals surface area (Å²) in [7, 11) is 1.73. The first-order valence-electron chi connectivity index (χ1n) is 7.56. The molecule has 0 fully saturated rings. The van der Waals surface area contributed by atoms with Gasteiger partial charge in [0.2, 0.25) is 0 Å². The molecule has 2 aromatic rings. The van der Waals surface area contributed by atoms with E-state index in [0.717, 1.165) is 45.5 Å². The van der Waals surface area contributed by atoms with Crippen LogP contribution in [-0.2, 0) is 17.7 Å². The van der Waals surface area contributed by atoms with E-state index in [9.17, 15) is 0 Å². The van der Waals surface area contributed by atoms with E-state index in [2.05, 4.69) is 46.3 Å². The third kappa shape index (κ3) is 4.35. The van der Waals surface area contributed by atoms with Crippen LogP contribution in [-0.4, -0.2) is 31.4 Å². The van der Waals surface area contributed by atoms with E-state index in [1.807, 2.05) is 0 Å². The molecular weight excluding hydrogens is 260 g/mol. The number of ether oxygens (including phenoxy) is 1. The van der Waals surface area contributed by atoms with Crippen LogP contribution in [0.4, 0.5) is 0 Å². The summed E-state index contributed by atoms with van der Waals surface area (Å²) in [6, 6.07) is 8.60. The summed E-state index contributed by atoms with van der Waals surface area (Å²) in [5.74, 6) is 2.71. The van der Waals surface area contributed by atoms with Crippen molar-refractivity contribution in [2.45, 2.75) is 25.8 Å². The average molecular weight is 284 g/mol. The van der Waals surface area contributed by atoms with Crippen molar-refractivity contribution in [3.63, 3.8) is 0 Å². The summed E-state index contributed by atoms with van der Waals surface area (Å²) in [4.78, 5) is 0. The molecule has 0 aliphatic heterocycles. The van der Waals surface area contributed by atoms with Gasteiger partial charge in [-0.15, -0.1) is 12.3 Å². The van der Waals surface area contributed by atoms with Gasteiger partial charge in [-0.1, -0.05) is 18.2 Å². The molecule has 0 aliphatic rings. The molecule has 2 rings (SSSR count). The standard InChI is InChI=1S/C18H24N2O/c1-3-4-7-13-20-15-16(10-11-19-12-14-21-2)17-8-5-6-9-18(17)20/h1,5-6,8-9,15,19H,4,7,10-14H2,2H3. The molecule has 0 saturated carbocycles. The number of fused-ring (bicyclic) bond motifs is 1. The molecule has 0 amide bonds. The van der Waals surface area contributed by atoms with E-state index < -0.39 is 0 Å². The Kier molecular flexibility index (Phi) is 6.33. The number of aryl methyl sites for hydroxylation is 1. The molecule has 1 aromatic carbocycles. The topological polar surface area (TPSA) is 26.2 Å². The Morgan fingerprint density at radius 2 is 2.14 bits per heavy atom. The lowest BCUT2D eigenvalue weighted by molar-refractivity contribution is 0.199. The summed E-state index contributed by atoms with van der Waals surface area (Å²) in [5.41, 5.74) is 2.71. The van der Waals surface area contributed by atoms with E-state index in [0.29, 0.717) is 0 Å². The molecule has 1 aromatic heterocycles. The first kappa shape index (κ1) is 15.6. The number of methoxy groups -OCH3 is 1. The fourth-order valence-electron chi connectivity index (χ4n) is 2.58. The molecule has 0 radical (unpaired) electrons. The summed E-state index contributed by atoms with van der Waals surface area (Å²) in [6.45, 7) is 3.62. The number of nitrogens with zero attached hydrogens (tertiary/aromatic N) is 1. The predicted molar refractivity (Wildman–Crippen MR) is 88.5 cm³/mol. The number of hydrogen-bond donors (Lipinski definition) is 1. The van der Waals surface area contributed by atoms with E-state index in [1.54, 1.807) is 7.11 Å². The zero-order valence-corrected chi connectivity index (χ0v) is 12.8. The van der Waals surface area contributed by atoms with E-state index in [4.69, 9.17) is 11.2 Å². The molecule has 0 saturated heterocycles. The quantitative estimate of drug-likeness (QED) is 0.566.